The molecule has 2 aromatic rings. The first kappa shape index (κ1) is 10.3. The van der Waals surface area contributed by atoms with Gasteiger partial charge in [-0.3, -0.25) is 0 Å². The molecule has 2 nitrogen and oxygen atoms in total. The number of aromatic nitrogens is 1. The maximum atomic E-state index is 4.21. The number of benzene rings is 1. The fourth-order valence-electron chi connectivity index (χ4n) is 1.17. The molecule has 0 amide bonds. The quantitative estimate of drug-likeness (QED) is 0.831. The lowest BCUT2D eigenvalue weighted by molar-refractivity contribution is 1.21. The van der Waals surface area contributed by atoms with Crippen molar-refractivity contribution in [3.8, 4) is 0 Å². The molecule has 0 aliphatic heterocycles. The molecule has 1 aromatic heterocycles. The van der Waals surface area contributed by atoms with E-state index in [0.29, 0.717) is 0 Å². The monoisotopic (exact) mass is 214 g/mol. The molecular formula is C9H11ClN2S. The number of hydrogen-bond acceptors (Lipinski definition) is 3. The van der Waals surface area contributed by atoms with E-state index in [1.54, 1.807) is 11.3 Å². The van der Waals surface area contributed by atoms with Gasteiger partial charge in [0.15, 0.2) is 0 Å². The van der Waals surface area contributed by atoms with Crippen LogP contribution in [0.15, 0.2) is 23.7 Å². The Balaban J connectivity index is 0.000000845. The van der Waals surface area contributed by atoms with Crippen LogP contribution in [-0.2, 0) is 0 Å². The fourth-order valence-corrected chi connectivity index (χ4v) is 1.89. The summed E-state index contributed by atoms with van der Waals surface area (Å²) < 4.78 is 1.24. The van der Waals surface area contributed by atoms with Crippen molar-refractivity contribution in [1.29, 1.82) is 0 Å². The molecule has 0 unspecified atom stereocenters. The lowest BCUT2D eigenvalue weighted by Crippen LogP contribution is -1.95. The van der Waals surface area contributed by atoms with Crippen molar-refractivity contribution in [2.75, 3.05) is 11.9 Å². The number of hydrogen-bond donors (Lipinski definition) is 1. The average Bonchev–Trinajstić information content (AvgIpc) is 2.51. The van der Waals surface area contributed by atoms with Gasteiger partial charge in [0.2, 0.25) is 0 Å². The van der Waals surface area contributed by atoms with Crippen molar-refractivity contribution in [1.82, 2.24) is 4.98 Å². The van der Waals surface area contributed by atoms with Crippen molar-refractivity contribution >= 4 is 39.6 Å². The third kappa shape index (κ3) is 2.11. The number of rotatable bonds is 2. The zero-order valence-electron chi connectivity index (χ0n) is 7.28. The summed E-state index contributed by atoms with van der Waals surface area (Å²) in [6.45, 7) is 3.06. The Morgan fingerprint density at radius 3 is 3.08 bits per heavy atom. The second-order valence-corrected chi connectivity index (χ2v) is 3.45. The Morgan fingerprint density at radius 1 is 1.46 bits per heavy atom. The molecule has 1 N–H and O–H groups in total. The SMILES string of the molecule is CCNc1ccc2ncsc2c1.Cl. The second-order valence-electron chi connectivity index (χ2n) is 2.57. The molecule has 0 aliphatic rings. The minimum absolute atomic E-state index is 0. The fraction of sp³-hybridized carbons (Fsp3) is 0.222. The molecule has 70 valence electrons. The zero-order chi connectivity index (χ0) is 8.39. The van der Waals surface area contributed by atoms with Gasteiger partial charge in [0.25, 0.3) is 0 Å². The minimum atomic E-state index is 0. The van der Waals surface area contributed by atoms with Crippen molar-refractivity contribution in [3.63, 3.8) is 0 Å². The molecule has 4 heteroatoms. The topological polar surface area (TPSA) is 24.9 Å². The molecule has 0 atom stereocenters. The van der Waals surface area contributed by atoms with E-state index in [1.807, 2.05) is 11.6 Å². The second kappa shape index (κ2) is 4.44. The summed E-state index contributed by atoms with van der Waals surface area (Å²) in [5.41, 5.74) is 4.14. The Bertz CT molecular complexity index is 386. The number of thiazole rings is 1. The molecule has 1 aromatic carbocycles. The number of nitrogens with one attached hydrogen (secondary N) is 1. The van der Waals surface area contributed by atoms with Crippen LogP contribution in [0.1, 0.15) is 6.92 Å². The predicted molar refractivity (Wildman–Crippen MR) is 61.0 cm³/mol. The van der Waals surface area contributed by atoms with Crippen LogP contribution in [0.4, 0.5) is 5.69 Å². The van der Waals surface area contributed by atoms with Crippen LogP contribution in [0.3, 0.4) is 0 Å². The van der Waals surface area contributed by atoms with E-state index in [0.717, 1.165) is 12.1 Å². The summed E-state index contributed by atoms with van der Waals surface area (Å²) in [5.74, 6) is 0. The summed E-state index contributed by atoms with van der Waals surface area (Å²) >= 11 is 1.68. The molecule has 0 saturated heterocycles. The Kier molecular flexibility index (Phi) is 3.51. The highest BCUT2D eigenvalue weighted by molar-refractivity contribution is 7.16. The molecule has 1 heterocycles. The molecule has 0 fully saturated rings. The summed E-state index contributed by atoms with van der Waals surface area (Å²) in [6, 6.07) is 6.24. The lowest BCUT2D eigenvalue weighted by Gasteiger charge is -2.00. The van der Waals surface area contributed by atoms with E-state index >= 15 is 0 Å². The summed E-state index contributed by atoms with van der Waals surface area (Å²) in [4.78, 5) is 4.21. The van der Waals surface area contributed by atoms with Gasteiger partial charge in [-0.05, 0) is 25.1 Å². The smallest absolute Gasteiger partial charge is 0.0813 e. The van der Waals surface area contributed by atoms with E-state index in [2.05, 4.69) is 29.4 Å². The largest absolute Gasteiger partial charge is 0.385 e. The third-order valence-electron chi connectivity index (χ3n) is 1.71. The number of nitrogens with zero attached hydrogens (tertiary/aromatic N) is 1. The Hall–Kier alpha value is -0.800. The molecule has 0 bridgehead atoms. The van der Waals surface area contributed by atoms with Crippen LogP contribution in [0, 0.1) is 0 Å². The van der Waals surface area contributed by atoms with Gasteiger partial charge in [-0.1, -0.05) is 0 Å². The summed E-state index contributed by atoms with van der Waals surface area (Å²) in [5, 5.41) is 3.27. The number of anilines is 1. The maximum Gasteiger partial charge on any atom is 0.0813 e. The van der Waals surface area contributed by atoms with Crippen LogP contribution in [0.2, 0.25) is 0 Å². The summed E-state index contributed by atoms with van der Waals surface area (Å²) in [7, 11) is 0. The minimum Gasteiger partial charge on any atom is -0.385 e. The van der Waals surface area contributed by atoms with E-state index < -0.39 is 0 Å². The van der Waals surface area contributed by atoms with Crippen molar-refractivity contribution in [2.24, 2.45) is 0 Å². The Morgan fingerprint density at radius 2 is 2.31 bits per heavy atom. The van der Waals surface area contributed by atoms with Gasteiger partial charge in [0.1, 0.15) is 0 Å². The normalized spacial score (nSPS) is 9.62. The lowest BCUT2D eigenvalue weighted by atomic mass is 10.3. The first-order valence-electron chi connectivity index (χ1n) is 3.97. The van der Waals surface area contributed by atoms with Gasteiger partial charge in [-0.15, -0.1) is 23.7 Å². The molecule has 0 radical (unpaired) electrons. The molecule has 0 spiro atoms. The van der Waals surface area contributed by atoms with Crippen LogP contribution in [-0.4, -0.2) is 11.5 Å². The summed E-state index contributed by atoms with van der Waals surface area (Å²) in [6.07, 6.45) is 0. The molecule has 13 heavy (non-hydrogen) atoms. The molecule has 0 saturated carbocycles. The average molecular weight is 215 g/mol. The third-order valence-corrected chi connectivity index (χ3v) is 2.50. The molecule has 0 aliphatic carbocycles. The first-order chi connectivity index (χ1) is 5.90. The van der Waals surface area contributed by atoms with Crippen LogP contribution >= 0.6 is 23.7 Å². The van der Waals surface area contributed by atoms with Crippen molar-refractivity contribution < 1.29 is 0 Å². The van der Waals surface area contributed by atoms with E-state index in [-0.39, 0.29) is 12.4 Å². The number of halogens is 1. The Labute approximate surface area is 87.4 Å². The highest BCUT2D eigenvalue weighted by Gasteiger charge is 1.96. The van der Waals surface area contributed by atoms with Gasteiger partial charge in [-0.2, -0.15) is 0 Å². The zero-order valence-corrected chi connectivity index (χ0v) is 8.91. The van der Waals surface area contributed by atoms with Crippen molar-refractivity contribution in [2.45, 2.75) is 6.92 Å². The highest BCUT2D eigenvalue weighted by atomic mass is 35.5. The maximum absolute atomic E-state index is 4.21. The predicted octanol–water partition coefficient (Wildman–Crippen LogP) is 3.15. The molecular weight excluding hydrogens is 204 g/mol. The standard InChI is InChI=1S/C9H10N2S.ClH/c1-2-10-7-3-4-8-9(5-7)12-6-11-8;/h3-6,10H,2H2,1H3;1H. The van der Waals surface area contributed by atoms with Gasteiger partial charge >= 0.3 is 0 Å². The van der Waals surface area contributed by atoms with Crippen molar-refractivity contribution in [3.05, 3.63) is 23.7 Å². The number of fused-ring (bicyclic) bond motifs is 1. The van der Waals surface area contributed by atoms with E-state index in [4.69, 9.17) is 0 Å². The molecule has 2 rings (SSSR count). The van der Waals surface area contributed by atoms with Gasteiger partial charge < -0.3 is 5.32 Å². The van der Waals surface area contributed by atoms with E-state index in [9.17, 15) is 0 Å². The highest BCUT2D eigenvalue weighted by Crippen LogP contribution is 2.21. The van der Waals surface area contributed by atoms with Gasteiger partial charge in [0, 0.05) is 12.2 Å². The van der Waals surface area contributed by atoms with Crippen LogP contribution in [0.25, 0.3) is 10.2 Å². The van der Waals surface area contributed by atoms with Gasteiger partial charge in [-0.25, -0.2) is 4.98 Å². The van der Waals surface area contributed by atoms with E-state index in [1.165, 1.54) is 10.4 Å². The first-order valence-corrected chi connectivity index (χ1v) is 4.85. The van der Waals surface area contributed by atoms with Crippen LogP contribution in [0.5, 0.6) is 0 Å². The van der Waals surface area contributed by atoms with Crippen LogP contribution < -0.4 is 5.32 Å². The van der Waals surface area contributed by atoms with Gasteiger partial charge in [0.05, 0.1) is 15.7 Å².